The van der Waals surface area contributed by atoms with Gasteiger partial charge < -0.3 is 20.5 Å². The minimum atomic E-state index is -0.593. The van der Waals surface area contributed by atoms with Gasteiger partial charge in [0.15, 0.2) is 5.96 Å². The predicted molar refractivity (Wildman–Crippen MR) is 114 cm³/mol. The first kappa shape index (κ1) is 22.9. The zero-order chi connectivity index (χ0) is 17.4. The Bertz CT molecular complexity index is 395. The topological polar surface area (TPSA) is 69.1 Å². The molecule has 0 bridgehead atoms. The molecule has 7 heteroatoms. The molecule has 3 N–H and O–H groups in total. The van der Waals surface area contributed by atoms with Crippen molar-refractivity contribution < 1.29 is 9.84 Å². The van der Waals surface area contributed by atoms with Gasteiger partial charge in [0.25, 0.3) is 0 Å². The number of aliphatic hydroxyl groups is 1. The molecule has 0 aromatic rings. The lowest BCUT2D eigenvalue weighted by Crippen LogP contribution is -2.52. The van der Waals surface area contributed by atoms with Gasteiger partial charge in [-0.3, -0.25) is 9.89 Å². The first-order valence-corrected chi connectivity index (χ1v) is 9.60. The zero-order valence-corrected chi connectivity index (χ0v) is 18.4. The van der Waals surface area contributed by atoms with Gasteiger partial charge in [0.2, 0.25) is 0 Å². The molecule has 148 valence electrons. The molecule has 0 aromatic carbocycles. The van der Waals surface area contributed by atoms with Crippen LogP contribution in [0.1, 0.15) is 46.5 Å². The number of nitrogens with one attached hydrogen (secondary N) is 2. The van der Waals surface area contributed by atoms with Gasteiger partial charge in [0.05, 0.1) is 25.4 Å². The standard InChI is InChI=1S/C18H36N4O2.HI/c1-4-19-17(21-14-18(23)7-5-6-8-18)20-13-16(15(2)3)22-9-11-24-12-10-22;/h15-16,23H,4-14H2,1-3H3,(H2,19,20,21);1H. The lowest BCUT2D eigenvalue weighted by molar-refractivity contribution is 0.00749. The zero-order valence-electron chi connectivity index (χ0n) is 16.1. The number of rotatable bonds is 7. The van der Waals surface area contributed by atoms with E-state index < -0.39 is 5.60 Å². The molecule has 1 heterocycles. The molecule has 1 atom stereocenters. The van der Waals surface area contributed by atoms with Gasteiger partial charge in [-0.15, -0.1) is 24.0 Å². The molecule has 2 aliphatic rings. The van der Waals surface area contributed by atoms with E-state index in [-0.39, 0.29) is 24.0 Å². The van der Waals surface area contributed by atoms with Crippen LogP contribution in [0.5, 0.6) is 0 Å². The highest BCUT2D eigenvalue weighted by atomic mass is 127. The van der Waals surface area contributed by atoms with E-state index in [9.17, 15) is 5.11 Å². The third-order valence-corrected chi connectivity index (χ3v) is 5.17. The molecule has 1 unspecified atom stereocenters. The fourth-order valence-corrected chi connectivity index (χ4v) is 3.66. The van der Waals surface area contributed by atoms with Crippen LogP contribution >= 0.6 is 24.0 Å². The molecule has 2 rings (SSSR count). The summed E-state index contributed by atoms with van der Waals surface area (Å²) in [6.45, 7) is 12.4. The molecule has 1 aliphatic carbocycles. The summed E-state index contributed by atoms with van der Waals surface area (Å²) in [5.74, 6) is 1.38. The van der Waals surface area contributed by atoms with Crippen LogP contribution in [0.25, 0.3) is 0 Å². The Kier molecular flexibility index (Phi) is 10.6. The second-order valence-corrected chi connectivity index (χ2v) is 7.47. The molecule has 25 heavy (non-hydrogen) atoms. The average Bonchev–Trinajstić information content (AvgIpc) is 3.00. The van der Waals surface area contributed by atoms with Crippen LogP contribution in [0.15, 0.2) is 4.99 Å². The van der Waals surface area contributed by atoms with E-state index in [4.69, 9.17) is 4.74 Å². The third-order valence-electron chi connectivity index (χ3n) is 5.17. The smallest absolute Gasteiger partial charge is 0.191 e. The maximum Gasteiger partial charge on any atom is 0.191 e. The highest BCUT2D eigenvalue weighted by molar-refractivity contribution is 14.0. The van der Waals surface area contributed by atoms with Crippen LogP contribution in [0.2, 0.25) is 0 Å². The van der Waals surface area contributed by atoms with Crippen LogP contribution < -0.4 is 10.6 Å². The van der Waals surface area contributed by atoms with E-state index in [1.807, 2.05) is 0 Å². The first-order chi connectivity index (χ1) is 11.5. The maximum atomic E-state index is 10.5. The summed E-state index contributed by atoms with van der Waals surface area (Å²) in [7, 11) is 0. The highest BCUT2D eigenvalue weighted by Gasteiger charge is 2.31. The lowest BCUT2D eigenvalue weighted by atomic mass is 10.0. The lowest BCUT2D eigenvalue weighted by Gasteiger charge is -2.37. The number of nitrogens with zero attached hydrogens (tertiary/aromatic N) is 2. The van der Waals surface area contributed by atoms with Crippen molar-refractivity contribution in [2.45, 2.75) is 58.1 Å². The summed E-state index contributed by atoms with van der Waals surface area (Å²) in [6.07, 6.45) is 3.97. The van der Waals surface area contributed by atoms with Crippen molar-refractivity contribution in [1.82, 2.24) is 15.5 Å². The Balaban J connectivity index is 0.00000312. The summed E-state index contributed by atoms with van der Waals surface area (Å²) >= 11 is 0. The van der Waals surface area contributed by atoms with Gasteiger partial charge in [0, 0.05) is 32.2 Å². The van der Waals surface area contributed by atoms with Gasteiger partial charge in [-0.1, -0.05) is 26.7 Å². The largest absolute Gasteiger partial charge is 0.388 e. The highest BCUT2D eigenvalue weighted by Crippen LogP contribution is 2.29. The molecule has 6 nitrogen and oxygen atoms in total. The molecule has 2 fully saturated rings. The summed E-state index contributed by atoms with van der Waals surface area (Å²) in [5.41, 5.74) is -0.593. The number of halogens is 1. The van der Waals surface area contributed by atoms with Crippen molar-refractivity contribution in [3.05, 3.63) is 0 Å². The Hall–Kier alpha value is -0.120. The molecule has 0 amide bonds. The molecule has 1 saturated carbocycles. The maximum absolute atomic E-state index is 10.5. The average molecular weight is 468 g/mol. The molecule has 1 aliphatic heterocycles. The molecule has 0 aromatic heterocycles. The number of guanidine groups is 1. The number of hydrogen-bond donors (Lipinski definition) is 3. The van der Waals surface area contributed by atoms with Crippen molar-refractivity contribution in [2.24, 2.45) is 10.9 Å². The van der Waals surface area contributed by atoms with E-state index in [1.54, 1.807) is 0 Å². The predicted octanol–water partition coefficient (Wildman–Crippen LogP) is 1.82. The van der Waals surface area contributed by atoms with Crippen LogP contribution in [0.4, 0.5) is 0 Å². The monoisotopic (exact) mass is 468 g/mol. The number of hydrogen-bond acceptors (Lipinski definition) is 4. The van der Waals surface area contributed by atoms with Gasteiger partial charge >= 0.3 is 0 Å². The Morgan fingerprint density at radius 3 is 2.40 bits per heavy atom. The number of aliphatic imine (C=N–C) groups is 1. The van der Waals surface area contributed by atoms with Gasteiger partial charge in [-0.05, 0) is 25.7 Å². The summed E-state index contributed by atoms with van der Waals surface area (Å²) in [6, 6.07) is 0.465. The van der Waals surface area contributed by atoms with E-state index >= 15 is 0 Å². The van der Waals surface area contributed by atoms with E-state index in [2.05, 4.69) is 41.3 Å². The summed E-state index contributed by atoms with van der Waals surface area (Å²) in [4.78, 5) is 7.15. The molecule has 0 radical (unpaired) electrons. The summed E-state index contributed by atoms with van der Waals surface area (Å²) in [5, 5.41) is 17.3. The summed E-state index contributed by atoms with van der Waals surface area (Å²) < 4.78 is 5.47. The van der Waals surface area contributed by atoms with Crippen molar-refractivity contribution in [2.75, 3.05) is 45.9 Å². The minimum absolute atomic E-state index is 0. The van der Waals surface area contributed by atoms with E-state index in [0.29, 0.717) is 18.5 Å². The van der Waals surface area contributed by atoms with Crippen LogP contribution in [0.3, 0.4) is 0 Å². The minimum Gasteiger partial charge on any atom is -0.388 e. The third kappa shape index (κ3) is 7.56. The quantitative estimate of drug-likeness (QED) is 0.302. The second kappa shape index (κ2) is 11.6. The van der Waals surface area contributed by atoms with Gasteiger partial charge in [-0.25, -0.2) is 0 Å². The normalized spacial score (nSPS) is 22.5. The van der Waals surface area contributed by atoms with Crippen LogP contribution in [-0.4, -0.2) is 73.5 Å². The second-order valence-electron chi connectivity index (χ2n) is 7.47. The Morgan fingerprint density at radius 2 is 1.84 bits per heavy atom. The fraction of sp³-hybridized carbons (Fsp3) is 0.944. The van der Waals surface area contributed by atoms with E-state index in [0.717, 1.165) is 71.0 Å². The Labute approximate surface area is 170 Å². The molecule has 1 saturated heterocycles. The van der Waals surface area contributed by atoms with Crippen molar-refractivity contribution in [1.29, 1.82) is 0 Å². The van der Waals surface area contributed by atoms with Gasteiger partial charge in [-0.2, -0.15) is 0 Å². The molecular weight excluding hydrogens is 431 g/mol. The first-order valence-electron chi connectivity index (χ1n) is 9.60. The van der Waals surface area contributed by atoms with Crippen LogP contribution in [-0.2, 0) is 4.74 Å². The van der Waals surface area contributed by atoms with E-state index in [1.165, 1.54) is 0 Å². The van der Waals surface area contributed by atoms with Crippen molar-refractivity contribution in [3.63, 3.8) is 0 Å². The fourth-order valence-electron chi connectivity index (χ4n) is 3.66. The molecule has 0 spiro atoms. The number of morpholine rings is 1. The molecular formula is C18H37IN4O2. The van der Waals surface area contributed by atoms with Crippen molar-refractivity contribution >= 4 is 29.9 Å². The van der Waals surface area contributed by atoms with Crippen LogP contribution in [0, 0.1) is 5.92 Å². The Morgan fingerprint density at radius 1 is 1.20 bits per heavy atom. The SMILES string of the molecule is CCNC(=NCC1(O)CCCC1)NCC(C(C)C)N1CCOCC1.I. The van der Waals surface area contributed by atoms with Gasteiger partial charge in [0.1, 0.15) is 0 Å². The number of ether oxygens (including phenoxy) is 1. The van der Waals surface area contributed by atoms with Crippen molar-refractivity contribution in [3.8, 4) is 0 Å².